The molecule has 0 aliphatic carbocycles. The quantitative estimate of drug-likeness (QED) is 0.709. The van der Waals surface area contributed by atoms with Gasteiger partial charge >= 0.3 is 0 Å². The van der Waals surface area contributed by atoms with Crippen molar-refractivity contribution < 1.29 is 14.1 Å². The molecule has 3 rings (SSSR count). The van der Waals surface area contributed by atoms with Crippen LogP contribution in [0.5, 0.6) is 0 Å². The standard InChI is InChI=1S/C19H19N3O3S/c1-3-22(4-2)19(24)13-7-5-8-14(11-13)20-18(23)15-12-16(25-21-15)17-9-6-10-26-17/h5-12H,3-4H2,1-2H3,(H,20,23). The van der Waals surface area contributed by atoms with E-state index < -0.39 is 0 Å². The zero-order chi connectivity index (χ0) is 18.5. The van der Waals surface area contributed by atoms with E-state index in [2.05, 4.69) is 10.5 Å². The largest absolute Gasteiger partial charge is 0.355 e. The first-order valence-electron chi connectivity index (χ1n) is 8.33. The van der Waals surface area contributed by atoms with Gasteiger partial charge in [0.05, 0.1) is 4.88 Å². The molecule has 0 aliphatic heterocycles. The lowest BCUT2D eigenvalue weighted by molar-refractivity contribution is 0.0772. The third-order valence-electron chi connectivity index (χ3n) is 3.92. The highest BCUT2D eigenvalue weighted by molar-refractivity contribution is 7.13. The monoisotopic (exact) mass is 369 g/mol. The van der Waals surface area contributed by atoms with Gasteiger partial charge in [-0.15, -0.1) is 11.3 Å². The first-order valence-corrected chi connectivity index (χ1v) is 9.21. The summed E-state index contributed by atoms with van der Waals surface area (Å²) in [5.41, 5.74) is 1.26. The molecule has 2 heterocycles. The first kappa shape index (κ1) is 17.9. The summed E-state index contributed by atoms with van der Waals surface area (Å²) in [6.45, 7) is 5.14. The van der Waals surface area contributed by atoms with Crippen LogP contribution in [0.3, 0.4) is 0 Å². The number of amides is 2. The number of benzene rings is 1. The number of nitrogens with one attached hydrogen (secondary N) is 1. The number of anilines is 1. The molecule has 0 atom stereocenters. The van der Waals surface area contributed by atoms with Crippen LogP contribution in [-0.4, -0.2) is 35.0 Å². The Balaban J connectivity index is 1.74. The van der Waals surface area contributed by atoms with Crippen LogP contribution in [0.4, 0.5) is 5.69 Å². The first-order chi connectivity index (χ1) is 12.6. The van der Waals surface area contributed by atoms with Crippen LogP contribution in [0, 0.1) is 0 Å². The maximum atomic E-state index is 12.4. The molecule has 7 heteroatoms. The smallest absolute Gasteiger partial charge is 0.277 e. The fourth-order valence-electron chi connectivity index (χ4n) is 2.54. The Bertz CT molecular complexity index is 898. The summed E-state index contributed by atoms with van der Waals surface area (Å²) in [6, 6.07) is 12.3. The van der Waals surface area contributed by atoms with Crippen LogP contribution in [-0.2, 0) is 0 Å². The molecule has 134 valence electrons. The molecule has 6 nitrogen and oxygen atoms in total. The van der Waals surface area contributed by atoms with Crippen LogP contribution >= 0.6 is 11.3 Å². The number of carbonyl (C=O) groups is 2. The van der Waals surface area contributed by atoms with E-state index in [1.165, 1.54) is 11.3 Å². The molecule has 2 amide bonds. The van der Waals surface area contributed by atoms with Gasteiger partial charge in [-0.25, -0.2) is 0 Å². The molecule has 0 saturated heterocycles. The Hall–Kier alpha value is -2.93. The summed E-state index contributed by atoms with van der Waals surface area (Å²) in [5, 5.41) is 8.51. The number of carbonyl (C=O) groups excluding carboxylic acids is 2. The second-order valence-electron chi connectivity index (χ2n) is 5.57. The molecule has 0 radical (unpaired) electrons. The van der Waals surface area contributed by atoms with Crippen molar-refractivity contribution in [1.29, 1.82) is 0 Å². The molecule has 0 unspecified atom stereocenters. The van der Waals surface area contributed by atoms with Crippen LogP contribution < -0.4 is 5.32 Å². The average molecular weight is 369 g/mol. The number of rotatable bonds is 6. The normalized spacial score (nSPS) is 10.5. The molecule has 3 aromatic rings. The average Bonchev–Trinajstić information content (AvgIpc) is 3.34. The van der Waals surface area contributed by atoms with E-state index >= 15 is 0 Å². The van der Waals surface area contributed by atoms with Gasteiger partial charge in [-0.05, 0) is 43.5 Å². The van der Waals surface area contributed by atoms with Gasteiger partial charge in [0.15, 0.2) is 11.5 Å². The molecule has 0 bridgehead atoms. The third-order valence-corrected chi connectivity index (χ3v) is 4.81. The number of hydrogen-bond donors (Lipinski definition) is 1. The molecule has 0 saturated carbocycles. The minimum Gasteiger partial charge on any atom is -0.355 e. The van der Waals surface area contributed by atoms with Crippen molar-refractivity contribution in [3.63, 3.8) is 0 Å². The Labute approximate surface area is 155 Å². The van der Waals surface area contributed by atoms with Gasteiger partial charge in [-0.1, -0.05) is 17.3 Å². The van der Waals surface area contributed by atoms with E-state index in [1.54, 1.807) is 35.2 Å². The van der Waals surface area contributed by atoms with Crippen LogP contribution in [0.15, 0.2) is 52.4 Å². The molecular weight excluding hydrogens is 350 g/mol. The molecule has 1 aromatic carbocycles. The second kappa shape index (κ2) is 7.97. The minimum atomic E-state index is -0.385. The Morgan fingerprint density at radius 1 is 1.15 bits per heavy atom. The van der Waals surface area contributed by atoms with E-state index in [0.29, 0.717) is 30.1 Å². The van der Waals surface area contributed by atoms with Crippen molar-refractivity contribution in [3.05, 3.63) is 59.1 Å². The van der Waals surface area contributed by atoms with Gasteiger partial charge < -0.3 is 14.7 Å². The maximum absolute atomic E-state index is 12.4. The van der Waals surface area contributed by atoms with E-state index in [0.717, 1.165) is 4.88 Å². The zero-order valence-corrected chi connectivity index (χ0v) is 15.4. The fraction of sp³-hybridized carbons (Fsp3) is 0.211. The highest BCUT2D eigenvalue weighted by Crippen LogP contribution is 2.25. The van der Waals surface area contributed by atoms with Gasteiger partial charge in [-0.2, -0.15) is 0 Å². The molecule has 0 fully saturated rings. The van der Waals surface area contributed by atoms with Crippen molar-refractivity contribution in [2.24, 2.45) is 0 Å². The van der Waals surface area contributed by atoms with E-state index in [9.17, 15) is 9.59 Å². The number of aromatic nitrogens is 1. The molecule has 2 aromatic heterocycles. The lowest BCUT2D eigenvalue weighted by Gasteiger charge is -2.18. The van der Waals surface area contributed by atoms with Crippen LogP contribution in [0.1, 0.15) is 34.7 Å². The van der Waals surface area contributed by atoms with Crippen molar-refractivity contribution in [3.8, 4) is 10.6 Å². The summed E-state index contributed by atoms with van der Waals surface area (Å²) in [7, 11) is 0. The van der Waals surface area contributed by atoms with E-state index in [-0.39, 0.29) is 17.5 Å². The number of hydrogen-bond acceptors (Lipinski definition) is 5. The summed E-state index contributed by atoms with van der Waals surface area (Å²) in [4.78, 5) is 27.5. The summed E-state index contributed by atoms with van der Waals surface area (Å²) < 4.78 is 5.23. The van der Waals surface area contributed by atoms with Gasteiger partial charge in [0.1, 0.15) is 0 Å². The number of nitrogens with zero attached hydrogens (tertiary/aromatic N) is 2. The lowest BCUT2D eigenvalue weighted by atomic mass is 10.1. The molecule has 0 aliphatic rings. The summed E-state index contributed by atoms with van der Waals surface area (Å²) >= 11 is 1.51. The van der Waals surface area contributed by atoms with Gasteiger partial charge in [0.25, 0.3) is 11.8 Å². The Morgan fingerprint density at radius 3 is 2.65 bits per heavy atom. The fourth-order valence-corrected chi connectivity index (χ4v) is 3.21. The summed E-state index contributed by atoms with van der Waals surface area (Å²) in [6.07, 6.45) is 0. The SMILES string of the molecule is CCN(CC)C(=O)c1cccc(NC(=O)c2cc(-c3cccs3)on2)c1. The number of thiophene rings is 1. The van der Waals surface area contributed by atoms with Crippen LogP contribution in [0.25, 0.3) is 10.6 Å². The molecule has 0 spiro atoms. The van der Waals surface area contributed by atoms with Crippen molar-refractivity contribution in [2.45, 2.75) is 13.8 Å². The molecular formula is C19H19N3O3S. The van der Waals surface area contributed by atoms with E-state index in [1.807, 2.05) is 31.4 Å². The van der Waals surface area contributed by atoms with E-state index in [4.69, 9.17) is 4.52 Å². The Kier molecular flexibility index (Phi) is 5.48. The molecule has 26 heavy (non-hydrogen) atoms. The highest BCUT2D eigenvalue weighted by Gasteiger charge is 2.16. The molecule has 1 N–H and O–H groups in total. The van der Waals surface area contributed by atoms with Gasteiger partial charge in [0.2, 0.25) is 0 Å². The van der Waals surface area contributed by atoms with Gasteiger partial charge in [0, 0.05) is 30.4 Å². The van der Waals surface area contributed by atoms with Crippen molar-refractivity contribution in [2.75, 3.05) is 18.4 Å². The predicted molar refractivity (Wildman–Crippen MR) is 101 cm³/mol. The lowest BCUT2D eigenvalue weighted by Crippen LogP contribution is -2.30. The third kappa shape index (κ3) is 3.83. The predicted octanol–water partition coefficient (Wildman–Crippen LogP) is 4.14. The van der Waals surface area contributed by atoms with Crippen LogP contribution in [0.2, 0.25) is 0 Å². The second-order valence-corrected chi connectivity index (χ2v) is 6.51. The van der Waals surface area contributed by atoms with Crippen molar-refractivity contribution >= 4 is 28.8 Å². The summed E-state index contributed by atoms with van der Waals surface area (Å²) in [5.74, 6) is 0.104. The maximum Gasteiger partial charge on any atom is 0.277 e. The highest BCUT2D eigenvalue weighted by atomic mass is 32.1. The Morgan fingerprint density at radius 2 is 1.96 bits per heavy atom. The van der Waals surface area contributed by atoms with Crippen molar-refractivity contribution in [1.82, 2.24) is 10.1 Å². The minimum absolute atomic E-state index is 0.0625. The topological polar surface area (TPSA) is 75.4 Å². The van der Waals surface area contributed by atoms with Gasteiger partial charge in [-0.3, -0.25) is 9.59 Å². The zero-order valence-electron chi connectivity index (χ0n) is 14.6.